The summed E-state index contributed by atoms with van der Waals surface area (Å²) < 4.78 is 1.41. The first-order valence-corrected chi connectivity index (χ1v) is 7.48. The number of anilines is 1. The second kappa shape index (κ2) is 7.76. The number of carbonyl (C=O) groups is 1. The third-order valence-corrected chi connectivity index (χ3v) is 3.58. The van der Waals surface area contributed by atoms with Crippen molar-refractivity contribution in [2.45, 2.75) is 33.1 Å². The molecule has 0 fully saturated rings. The van der Waals surface area contributed by atoms with Crippen molar-refractivity contribution in [3.8, 4) is 5.75 Å². The van der Waals surface area contributed by atoms with Crippen molar-refractivity contribution in [2.24, 2.45) is 0 Å². The molecule has 0 aliphatic rings. The van der Waals surface area contributed by atoms with Crippen molar-refractivity contribution < 1.29 is 20.1 Å². The molecule has 1 heterocycles. The van der Waals surface area contributed by atoms with Gasteiger partial charge in [-0.2, -0.15) is 0 Å². The summed E-state index contributed by atoms with van der Waals surface area (Å²) in [6.07, 6.45) is 0.0728. The van der Waals surface area contributed by atoms with Crippen molar-refractivity contribution in [1.29, 1.82) is 0 Å². The van der Waals surface area contributed by atoms with E-state index in [1.54, 1.807) is 25.1 Å². The number of pyridine rings is 1. The van der Waals surface area contributed by atoms with Crippen LogP contribution in [0.1, 0.15) is 23.2 Å². The highest BCUT2D eigenvalue weighted by Gasteiger charge is 2.08. The molecular formula is C17H20N2O5. The summed E-state index contributed by atoms with van der Waals surface area (Å²) in [5.41, 5.74) is 1.85. The number of hydrogen-bond donors (Lipinski definition) is 4. The number of nitrogens with zero attached hydrogens (tertiary/aromatic N) is 1. The van der Waals surface area contributed by atoms with Crippen LogP contribution in [-0.4, -0.2) is 25.8 Å². The van der Waals surface area contributed by atoms with E-state index in [0.717, 1.165) is 6.07 Å². The van der Waals surface area contributed by atoms with Gasteiger partial charge < -0.3 is 25.2 Å². The van der Waals surface area contributed by atoms with E-state index in [9.17, 15) is 24.9 Å². The molecule has 1 amide bonds. The second-order valence-corrected chi connectivity index (χ2v) is 5.50. The van der Waals surface area contributed by atoms with Crippen molar-refractivity contribution in [3.05, 3.63) is 57.5 Å². The first-order chi connectivity index (χ1) is 11.4. The molecule has 0 spiro atoms. The highest BCUT2D eigenvalue weighted by atomic mass is 16.3. The lowest BCUT2D eigenvalue weighted by atomic mass is 10.1. The highest BCUT2D eigenvalue weighted by molar-refractivity contribution is 5.90. The van der Waals surface area contributed by atoms with Crippen LogP contribution >= 0.6 is 0 Å². The minimum absolute atomic E-state index is 0.0728. The standard InChI is InChI=1S/C17H20N2O5/c1-11-4-15(22)8-17(24)19(11)3-2-16(23)18-14-6-12(9-20)5-13(7-14)10-21/h4-8,20-22H,2-3,9-10H2,1H3,(H,18,23). The highest BCUT2D eigenvalue weighted by Crippen LogP contribution is 2.16. The van der Waals surface area contributed by atoms with Gasteiger partial charge in [0.1, 0.15) is 5.75 Å². The van der Waals surface area contributed by atoms with Gasteiger partial charge in [-0.25, -0.2) is 0 Å². The molecule has 1 aromatic heterocycles. The number of aryl methyl sites for hydroxylation is 1. The number of aliphatic hydroxyl groups is 2. The van der Waals surface area contributed by atoms with Gasteiger partial charge in [-0.05, 0) is 36.2 Å². The SMILES string of the molecule is Cc1cc(O)cc(=O)n1CCC(=O)Nc1cc(CO)cc(CO)c1. The van der Waals surface area contributed by atoms with Gasteiger partial charge in [0.2, 0.25) is 5.91 Å². The molecule has 7 heteroatoms. The fraction of sp³-hybridized carbons (Fsp3) is 0.294. The number of hydrogen-bond acceptors (Lipinski definition) is 5. The number of benzene rings is 1. The number of rotatable bonds is 6. The summed E-state index contributed by atoms with van der Waals surface area (Å²) in [7, 11) is 0. The first kappa shape index (κ1) is 17.7. The molecule has 0 aliphatic carbocycles. The maximum Gasteiger partial charge on any atom is 0.254 e. The van der Waals surface area contributed by atoms with Crippen molar-refractivity contribution in [3.63, 3.8) is 0 Å². The number of amides is 1. The normalized spacial score (nSPS) is 10.6. The maximum atomic E-state index is 12.1. The molecule has 1 aromatic carbocycles. The molecule has 0 saturated heterocycles. The third kappa shape index (κ3) is 4.43. The van der Waals surface area contributed by atoms with E-state index in [0.29, 0.717) is 22.5 Å². The van der Waals surface area contributed by atoms with Crippen molar-refractivity contribution in [2.75, 3.05) is 5.32 Å². The average Bonchev–Trinajstić information content (AvgIpc) is 2.53. The van der Waals surface area contributed by atoms with E-state index in [-0.39, 0.29) is 43.4 Å². The van der Waals surface area contributed by atoms with Crippen LogP contribution in [0.4, 0.5) is 5.69 Å². The van der Waals surface area contributed by atoms with Crippen LogP contribution in [0.5, 0.6) is 5.75 Å². The van der Waals surface area contributed by atoms with Gasteiger partial charge in [-0.15, -0.1) is 0 Å². The summed E-state index contributed by atoms with van der Waals surface area (Å²) in [6, 6.07) is 7.44. The van der Waals surface area contributed by atoms with Crippen LogP contribution in [0.2, 0.25) is 0 Å². The topological polar surface area (TPSA) is 112 Å². The average molecular weight is 332 g/mol. The molecular weight excluding hydrogens is 312 g/mol. The summed E-state index contributed by atoms with van der Waals surface area (Å²) in [5.74, 6) is -0.399. The first-order valence-electron chi connectivity index (χ1n) is 7.48. The van der Waals surface area contributed by atoms with Gasteiger partial charge in [0.15, 0.2) is 0 Å². The largest absolute Gasteiger partial charge is 0.508 e. The fourth-order valence-corrected chi connectivity index (χ4v) is 2.45. The molecule has 0 aliphatic heterocycles. The quantitative estimate of drug-likeness (QED) is 0.627. The van der Waals surface area contributed by atoms with Crippen LogP contribution in [0.25, 0.3) is 0 Å². The smallest absolute Gasteiger partial charge is 0.254 e. The lowest BCUT2D eigenvalue weighted by Crippen LogP contribution is -2.24. The molecule has 4 N–H and O–H groups in total. The van der Waals surface area contributed by atoms with Gasteiger partial charge in [0.25, 0.3) is 5.56 Å². The molecule has 0 atom stereocenters. The van der Waals surface area contributed by atoms with Gasteiger partial charge >= 0.3 is 0 Å². The molecule has 2 rings (SSSR count). The van der Waals surface area contributed by atoms with Crippen LogP contribution < -0.4 is 10.9 Å². The molecule has 0 saturated carbocycles. The van der Waals surface area contributed by atoms with Gasteiger partial charge in [-0.1, -0.05) is 6.07 Å². The predicted octanol–water partition coefficient (Wildman–Crippen LogP) is 0.876. The van der Waals surface area contributed by atoms with E-state index in [4.69, 9.17) is 0 Å². The Balaban J connectivity index is 2.05. The lowest BCUT2D eigenvalue weighted by Gasteiger charge is -2.11. The van der Waals surface area contributed by atoms with Gasteiger partial charge in [-0.3, -0.25) is 9.59 Å². The van der Waals surface area contributed by atoms with E-state index < -0.39 is 0 Å². The van der Waals surface area contributed by atoms with Gasteiger partial charge in [0.05, 0.1) is 13.2 Å². The Hall–Kier alpha value is -2.64. The molecule has 0 unspecified atom stereocenters. The zero-order valence-electron chi connectivity index (χ0n) is 13.3. The predicted molar refractivity (Wildman–Crippen MR) is 88.6 cm³/mol. The van der Waals surface area contributed by atoms with Gasteiger partial charge in [0, 0.05) is 30.4 Å². The maximum absolute atomic E-state index is 12.1. The zero-order valence-corrected chi connectivity index (χ0v) is 13.3. The van der Waals surface area contributed by atoms with Crippen LogP contribution in [0.3, 0.4) is 0 Å². The van der Waals surface area contributed by atoms with Crippen LogP contribution in [0, 0.1) is 6.92 Å². The molecule has 0 bridgehead atoms. The Morgan fingerprint density at radius 3 is 2.25 bits per heavy atom. The summed E-state index contributed by atoms with van der Waals surface area (Å²) in [5, 5.41) is 30.4. The Kier molecular flexibility index (Phi) is 5.73. The molecule has 128 valence electrons. The van der Waals surface area contributed by atoms with E-state index in [1.165, 1.54) is 10.6 Å². The molecule has 0 radical (unpaired) electrons. The number of aromatic nitrogens is 1. The Bertz CT molecular complexity index is 776. The second-order valence-electron chi connectivity index (χ2n) is 5.50. The number of aliphatic hydroxyl groups excluding tert-OH is 2. The zero-order chi connectivity index (χ0) is 17.7. The van der Waals surface area contributed by atoms with Crippen molar-refractivity contribution in [1.82, 2.24) is 4.57 Å². The third-order valence-electron chi connectivity index (χ3n) is 3.58. The summed E-state index contributed by atoms with van der Waals surface area (Å²) in [6.45, 7) is 1.47. The Morgan fingerprint density at radius 1 is 1.08 bits per heavy atom. The lowest BCUT2D eigenvalue weighted by molar-refractivity contribution is -0.116. The Morgan fingerprint density at radius 2 is 1.71 bits per heavy atom. The summed E-state index contributed by atoms with van der Waals surface area (Å²) >= 11 is 0. The molecule has 24 heavy (non-hydrogen) atoms. The van der Waals surface area contributed by atoms with E-state index in [2.05, 4.69) is 5.32 Å². The van der Waals surface area contributed by atoms with Crippen LogP contribution in [0.15, 0.2) is 35.1 Å². The monoisotopic (exact) mass is 332 g/mol. The minimum Gasteiger partial charge on any atom is -0.508 e. The minimum atomic E-state index is -0.370. The van der Waals surface area contributed by atoms with Crippen LogP contribution in [-0.2, 0) is 24.6 Å². The molecule has 7 nitrogen and oxygen atoms in total. The number of nitrogens with one attached hydrogen (secondary N) is 1. The number of aromatic hydroxyl groups is 1. The Labute approximate surface area is 138 Å². The number of carbonyl (C=O) groups excluding carboxylic acids is 1. The van der Waals surface area contributed by atoms with E-state index >= 15 is 0 Å². The fourth-order valence-electron chi connectivity index (χ4n) is 2.45. The van der Waals surface area contributed by atoms with E-state index in [1.807, 2.05) is 0 Å². The summed E-state index contributed by atoms with van der Waals surface area (Å²) in [4.78, 5) is 23.9. The molecule has 2 aromatic rings. The van der Waals surface area contributed by atoms with Crippen molar-refractivity contribution >= 4 is 11.6 Å².